The van der Waals surface area contributed by atoms with E-state index < -0.39 is 0 Å². The van der Waals surface area contributed by atoms with Gasteiger partial charge in [0.15, 0.2) is 0 Å². The van der Waals surface area contributed by atoms with Crippen LogP contribution in [0.15, 0.2) is 54.6 Å². The van der Waals surface area contributed by atoms with Gasteiger partial charge >= 0.3 is 0 Å². The number of hydrogen-bond donors (Lipinski definition) is 0. The fourth-order valence-electron chi connectivity index (χ4n) is 4.08. The van der Waals surface area contributed by atoms with Crippen molar-refractivity contribution in [1.29, 1.82) is 0 Å². The minimum Gasteiger partial charge on any atom is -0.374 e. The van der Waals surface area contributed by atoms with E-state index in [2.05, 4.69) is 49.3 Å². The number of hydrogen-bond acceptors (Lipinski definition) is 2. The average molecular weight is 355 g/mol. The van der Waals surface area contributed by atoms with Crippen LogP contribution in [0.5, 0.6) is 0 Å². The van der Waals surface area contributed by atoms with Crippen molar-refractivity contribution in [1.82, 2.24) is 4.90 Å². The maximum atomic E-state index is 13.3. The first-order valence-corrected chi connectivity index (χ1v) is 9.65. The van der Waals surface area contributed by atoms with Gasteiger partial charge in [-0.1, -0.05) is 42.5 Å². The molecule has 0 radical (unpaired) electrons. The smallest absolute Gasteiger partial charge is 0.123 e. The molecule has 0 unspecified atom stereocenters. The molecule has 1 aliphatic rings. The first kappa shape index (κ1) is 19.1. The standard InChI is InChI=1S/C23H30FNO/c1-25(2)23(14-11-19-7-4-3-5-8-19)15-12-22(13-16-23)26-18-20-9-6-10-21(24)17-20/h3-10,17,22H,11-16,18H2,1-2H3/t22-,23-. The van der Waals surface area contributed by atoms with Crippen molar-refractivity contribution >= 4 is 0 Å². The van der Waals surface area contributed by atoms with Crippen molar-refractivity contribution in [3.63, 3.8) is 0 Å². The second-order valence-corrected chi connectivity index (χ2v) is 7.74. The molecule has 1 aliphatic carbocycles. The number of rotatable bonds is 7. The van der Waals surface area contributed by atoms with Crippen LogP contribution in [-0.4, -0.2) is 30.6 Å². The van der Waals surface area contributed by atoms with E-state index in [1.54, 1.807) is 12.1 Å². The summed E-state index contributed by atoms with van der Waals surface area (Å²) in [6.07, 6.45) is 7.03. The van der Waals surface area contributed by atoms with Crippen LogP contribution in [0.4, 0.5) is 4.39 Å². The van der Waals surface area contributed by atoms with Crippen LogP contribution in [-0.2, 0) is 17.8 Å². The Morgan fingerprint density at radius 1 is 1.00 bits per heavy atom. The van der Waals surface area contributed by atoms with Crippen molar-refractivity contribution in [3.8, 4) is 0 Å². The molecule has 2 nitrogen and oxygen atoms in total. The minimum absolute atomic E-state index is 0.192. The largest absolute Gasteiger partial charge is 0.374 e. The van der Waals surface area contributed by atoms with E-state index in [0.29, 0.717) is 6.61 Å². The molecule has 1 fully saturated rings. The predicted octanol–water partition coefficient (Wildman–Crippen LogP) is 5.22. The second kappa shape index (κ2) is 8.79. The number of halogens is 1. The summed E-state index contributed by atoms with van der Waals surface area (Å²) in [5.74, 6) is -0.192. The molecule has 3 heteroatoms. The van der Waals surface area contributed by atoms with E-state index in [1.807, 2.05) is 6.07 Å². The van der Waals surface area contributed by atoms with Gasteiger partial charge in [-0.3, -0.25) is 0 Å². The Morgan fingerprint density at radius 2 is 1.69 bits per heavy atom. The number of benzene rings is 2. The van der Waals surface area contributed by atoms with E-state index in [-0.39, 0.29) is 17.5 Å². The van der Waals surface area contributed by atoms with Gasteiger partial charge in [-0.15, -0.1) is 0 Å². The molecular formula is C23H30FNO. The summed E-state index contributed by atoms with van der Waals surface area (Å²) in [4.78, 5) is 2.42. The number of aryl methyl sites for hydroxylation is 1. The Labute approximate surface area is 157 Å². The lowest BCUT2D eigenvalue weighted by molar-refractivity contribution is -0.0255. The predicted molar refractivity (Wildman–Crippen MR) is 105 cm³/mol. The van der Waals surface area contributed by atoms with Gasteiger partial charge in [0.25, 0.3) is 0 Å². The first-order valence-electron chi connectivity index (χ1n) is 9.65. The summed E-state index contributed by atoms with van der Waals surface area (Å²) in [6.45, 7) is 0.501. The highest BCUT2D eigenvalue weighted by Crippen LogP contribution is 2.37. The molecule has 2 aromatic rings. The molecule has 0 spiro atoms. The lowest BCUT2D eigenvalue weighted by Crippen LogP contribution is -2.48. The van der Waals surface area contributed by atoms with Crippen molar-refractivity contribution in [2.24, 2.45) is 0 Å². The normalized spacial score (nSPS) is 23.3. The van der Waals surface area contributed by atoms with E-state index >= 15 is 0 Å². The molecule has 0 amide bonds. The van der Waals surface area contributed by atoms with E-state index in [4.69, 9.17) is 4.74 Å². The summed E-state index contributed by atoms with van der Waals surface area (Å²) in [5, 5.41) is 0. The van der Waals surface area contributed by atoms with Crippen LogP contribution in [0.1, 0.15) is 43.2 Å². The molecule has 140 valence electrons. The van der Waals surface area contributed by atoms with Crippen LogP contribution in [0.3, 0.4) is 0 Å². The molecule has 0 heterocycles. The summed E-state index contributed by atoms with van der Waals surface area (Å²) in [6, 6.07) is 17.5. The minimum atomic E-state index is -0.192. The third-order valence-corrected chi connectivity index (χ3v) is 5.91. The monoisotopic (exact) mass is 355 g/mol. The maximum Gasteiger partial charge on any atom is 0.123 e. The quantitative estimate of drug-likeness (QED) is 0.675. The molecule has 0 aliphatic heterocycles. The highest BCUT2D eigenvalue weighted by atomic mass is 19.1. The van der Waals surface area contributed by atoms with Crippen LogP contribution < -0.4 is 0 Å². The van der Waals surface area contributed by atoms with Crippen LogP contribution in [0.25, 0.3) is 0 Å². The zero-order chi connectivity index (χ0) is 18.4. The summed E-state index contributed by atoms with van der Waals surface area (Å²) in [7, 11) is 4.41. The molecule has 0 N–H and O–H groups in total. The van der Waals surface area contributed by atoms with Gasteiger partial charge in [0, 0.05) is 5.54 Å². The molecular weight excluding hydrogens is 325 g/mol. The molecule has 0 saturated heterocycles. The van der Waals surface area contributed by atoms with Crippen molar-refractivity contribution in [2.75, 3.05) is 14.1 Å². The third-order valence-electron chi connectivity index (χ3n) is 5.91. The molecule has 3 rings (SSSR count). The number of ether oxygens (including phenoxy) is 1. The van der Waals surface area contributed by atoms with Gasteiger partial charge < -0.3 is 9.64 Å². The molecule has 0 bridgehead atoms. The van der Waals surface area contributed by atoms with E-state index in [0.717, 1.165) is 37.7 Å². The fourth-order valence-corrected chi connectivity index (χ4v) is 4.08. The van der Waals surface area contributed by atoms with Gasteiger partial charge in [0.2, 0.25) is 0 Å². The van der Waals surface area contributed by atoms with Crippen LogP contribution in [0.2, 0.25) is 0 Å². The summed E-state index contributed by atoms with van der Waals surface area (Å²) >= 11 is 0. The molecule has 0 atom stereocenters. The van der Waals surface area contributed by atoms with Gasteiger partial charge in [0.05, 0.1) is 12.7 Å². The molecule has 26 heavy (non-hydrogen) atoms. The Kier molecular flexibility index (Phi) is 6.44. The van der Waals surface area contributed by atoms with Crippen LogP contribution >= 0.6 is 0 Å². The highest BCUT2D eigenvalue weighted by molar-refractivity contribution is 5.16. The van der Waals surface area contributed by atoms with Gasteiger partial charge in [-0.25, -0.2) is 4.39 Å². The molecule has 2 aromatic carbocycles. The Balaban J connectivity index is 1.52. The fraction of sp³-hybridized carbons (Fsp3) is 0.478. The SMILES string of the molecule is CN(C)[C@]1(CCc2ccccc2)CC[C@@H](OCc2cccc(F)c2)CC1. The maximum absolute atomic E-state index is 13.3. The Hall–Kier alpha value is -1.71. The zero-order valence-electron chi connectivity index (χ0n) is 16.0. The highest BCUT2D eigenvalue weighted by Gasteiger charge is 2.37. The van der Waals surface area contributed by atoms with Gasteiger partial charge in [-0.05, 0) is 75.9 Å². The zero-order valence-corrected chi connectivity index (χ0v) is 16.0. The lowest BCUT2D eigenvalue weighted by atomic mass is 9.76. The average Bonchev–Trinajstić information content (AvgIpc) is 2.66. The first-order chi connectivity index (χ1) is 12.6. The van der Waals surface area contributed by atoms with Crippen molar-refractivity contribution in [3.05, 3.63) is 71.5 Å². The van der Waals surface area contributed by atoms with Crippen LogP contribution in [0, 0.1) is 5.82 Å². The Bertz CT molecular complexity index is 678. The van der Waals surface area contributed by atoms with Gasteiger partial charge in [0.1, 0.15) is 5.82 Å². The summed E-state index contributed by atoms with van der Waals surface area (Å²) in [5.41, 5.74) is 2.59. The third kappa shape index (κ3) is 4.93. The van der Waals surface area contributed by atoms with E-state index in [9.17, 15) is 4.39 Å². The molecule has 0 aromatic heterocycles. The lowest BCUT2D eigenvalue weighted by Gasteiger charge is -2.45. The summed E-state index contributed by atoms with van der Waals surface area (Å²) < 4.78 is 19.4. The topological polar surface area (TPSA) is 12.5 Å². The van der Waals surface area contributed by atoms with E-state index in [1.165, 1.54) is 18.1 Å². The number of nitrogens with zero attached hydrogens (tertiary/aromatic N) is 1. The van der Waals surface area contributed by atoms with Crippen molar-refractivity contribution in [2.45, 2.75) is 56.8 Å². The molecule has 1 saturated carbocycles. The van der Waals surface area contributed by atoms with Crippen molar-refractivity contribution < 1.29 is 9.13 Å². The van der Waals surface area contributed by atoms with Gasteiger partial charge in [-0.2, -0.15) is 0 Å². The Morgan fingerprint density at radius 3 is 2.35 bits per heavy atom. The second-order valence-electron chi connectivity index (χ2n) is 7.74.